The van der Waals surface area contributed by atoms with E-state index in [0.717, 1.165) is 24.8 Å². The van der Waals surface area contributed by atoms with Gasteiger partial charge in [-0.1, -0.05) is 24.1 Å². The first kappa shape index (κ1) is 16.0. The van der Waals surface area contributed by atoms with Crippen molar-refractivity contribution in [3.63, 3.8) is 0 Å². The fourth-order valence-electron chi connectivity index (χ4n) is 4.37. The SMILES string of the molecule is Cc1ccc(N=C[C@@H]2C(=O)NC(=O)N([C@H]3C[C@H]4CC[C@H]3C4)C2=O)cc1. The largest absolute Gasteiger partial charge is 0.331 e. The minimum atomic E-state index is -1.04. The van der Waals surface area contributed by atoms with Crippen molar-refractivity contribution < 1.29 is 14.4 Å². The number of rotatable bonds is 3. The number of nitrogens with one attached hydrogen (secondary N) is 1. The Morgan fingerprint density at radius 1 is 1.12 bits per heavy atom. The minimum absolute atomic E-state index is 0.0744. The number of carbonyl (C=O) groups excluding carboxylic acids is 3. The fourth-order valence-corrected chi connectivity index (χ4v) is 4.37. The van der Waals surface area contributed by atoms with Crippen LogP contribution in [0.15, 0.2) is 29.3 Å². The first-order valence-corrected chi connectivity index (χ1v) is 8.81. The summed E-state index contributed by atoms with van der Waals surface area (Å²) in [5, 5.41) is 2.33. The number of urea groups is 1. The second-order valence-corrected chi connectivity index (χ2v) is 7.34. The maximum Gasteiger partial charge on any atom is 0.331 e. The highest BCUT2D eigenvalue weighted by Gasteiger charge is 2.50. The van der Waals surface area contributed by atoms with Gasteiger partial charge in [-0.25, -0.2) is 4.79 Å². The number of aliphatic imine (C=N–C) groups is 1. The predicted octanol–water partition coefficient (Wildman–Crippen LogP) is 2.58. The van der Waals surface area contributed by atoms with Crippen LogP contribution < -0.4 is 5.32 Å². The summed E-state index contributed by atoms with van der Waals surface area (Å²) in [5.74, 6) is -1.10. The summed E-state index contributed by atoms with van der Waals surface area (Å²) in [6.07, 6.45) is 5.54. The first-order valence-electron chi connectivity index (χ1n) is 8.81. The van der Waals surface area contributed by atoms with E-state index in [1.54, 1.807) is 0 Å². The van der Waals surface area contributed by atoms with Crippen LogP contribution in [0.2, 0.25) is 0 Å². The molecule has 6 heteroatoms. The Morgan fingerprint density at radius 2 is 1.88 bits per heavy atom. The van der Waals surface area contributed by atoms with Crippen LogP contribution in [-0.4, -0.2) is 35.0 Å². The van der Waals surface area contributed by atoms with Crippen molar-refractivity contribution in [2.75, 3.05) is 0 Å². The molecular formula is C19H21N3O3. The highest BCUT2D eigenvalue weighted by atomic mass is 16.2. The molecule has 1 N–H and O–H groups in total. The predicted molar refractivity (Wildman–Crippen MR) is 92.4 cm³/mol. The Hall–Kier alpha value is -2.50. The molecule has 2 bridgehead atoms. The number of imide groups is 2. The fraction of sp³-hybridized carbons (Fsp3) is 0.474. The van der Waals surface area contributed by atoms with Gasteiger partial charge in [0.15, 0.2) is 5.92 Å². The van der Waals surface area contributed by atoms with E-state index in [1.165, 1.54) is 17.5 Å². The highest BCUT2D eigenvalue weighted by Crippen LogP contribution is 2.47. The highest BCUT2D eigenvalue weighted by molar-refractivity contribution is 6.23. The molecule has 130 valence electrons. The number of fused-ring (bicyclic) bond motifs is 2. The number of nitrogens with zero attached hydrogens (tertiary/aromatic N) is 2. The number of carbonyl (C=O) groups is 3. The molecule has 3 fully saturated rings. The van der Waals surface area contributed by atoms with Gasteiger partial charge in [0.05, 0.1) is 5.69 Å². The third-order valence-corrected chi connectivity index (χ3v) is 5.67. The van der Waals surface area contributed by atoms with Crippen molar-refractivity contribution in [2.24, 2.45) is 22.7 Å². The van der Waals surface area contributed by atoms with Crippen LogP contribution in [0.4, 0.5) is 10.5 Å². The zero-order valence-electron chi connectivity index (χ0n) is 14.1. The van der Waals surface area contributed by atoms with Crippen LogP contribution in [0.5, 0.6) is 0 Å². The van der Waals surface area contributed by atoms with E-state index in [9.17, 15) is 14.4 Å². The second-order valence-electron chi connectivity index (χ2n) is 7.34. The third kappa shape index (κ3) is 2.86. The molecule has 0 unspecified atom stereocenters. The minimum Gasteiger partial charge on any atom is -0.277 e. The third-order valence-electron chi connectivity index (χ3n) is 5.67. The van der Waals surface area contributed by atoms with Crippen LogP contribution in [0.3, 0.4) is 0 Å². The number of hydrogen-bond donors (Lipinski definition) is 1. The van der Waals surface area contributed by atoms with E-state index >= 15 is 0 Å². The normalized spacial score (nSPS) is 31.9. The van der Waals surface area contributed by atoms with Crippen molar-refractivity contribution >= 4 is 29.7 Å². The molecule has 4 rings (SSSR count). The molecule has 1 saturated heterocycles. The number of hydrogen-bond acceptors (Lipinski definition) is 4. The summed E-state index contributed by atoms with van der Waals surface area (Å²) >= 11 is 0. The number of barbiturate groups is 1. The lowest BCUT2D eigenvalue weighted by Crippen LogP contribution is -2.62. The van der Waals surface area contributed by atoms with Gasteiger partial charge in [-0.05, 0) is 50.2 Å². The van der Waals surface area contributed by atoms with Crippen molar-refractivity contribution in [3.8, 4) is 0 Å². The zero-order chi connectivity index (χ0) is 17.6. The average molecular weight is 339 g/mol. The lowest BCUT2D eigenvalue weighted by atomic mass is 9.92. The van der Waals surface area contributed by atoms with E-state index in [4.69, 9.17) is 0 Å². The molecule has 0 spiro atoms. The maximum absolute atomic E-state index is 12.8. The number of aryl methyl sites for hydroxylation is 1. The Balaban J connectivity index is 1.55. The molecule has 2 aliphatic carbocycles. The van der Waals surface area contributed by atoms with E-state index < -0.39 is 23.8 Å². The van der Waals surface area contributed by atoms with Crippen LogP contribution >= 0.6 is 0 Å². The molecule has 1 heterocycles. The zero-order valence-corrected chi connectivity index (χ0v) is 14.1. The lowest BCUT2D eigenvalue weighted by Gasteiger charge is -2.36. The Kier molecular flexibility index (Phi) is 3.90. The molecule has 4 amide bonds. The van der Waals surface area contributed by atoms with Crippen LogP contribution in [0.1, 0.15) is 31.2 Å². The van der Waals surface area contributed by atoms with Crippen molar-refractivity contribution in [1.29, 1.82) is 0 Å². The Morgan fingerprint density at radius 3 is 2.52 bits per heavy atom. The summed E-state index contributed by atoms with van der Waals surface area (Å²) in [7, 11) is 0. The number of amides is 4. The van der Waals surface area contributed by atoms with Gasteiger partial charge in [-0.15, -0.1) is 0 Å². The molecule has 1 aromatic carbocycles. The molecule has 25 heavy (non-hydrogen) atoms. The van der Waals surface area contributed by atoms with Crippen LogP contribution in [0.25, 0.3) is 0 Å². The van der Waals surface area contributed by atoms with Gasteiger partial charge in [-0.2, -0.15) is 0 Å². The van der Waals surface area contributed by atoms with Gasteiger partial charge in [0, 0.05) is 12.3 Å². The maximum atomic E-state index is 12.8. The van der Waals surface area contributed by atoms with Crippen molar-refractivity contribution in [3.05, 3.63) is 29.8 Å². The first-order chi connectivity index (χ1) is 12.0. The van der Waals surface area contributed by atoms with Crippen LogP contribution in [-0.2, 0) is 9.59 Å². The number of benzene rings is 1. The average Bonchev–Trinajstić information content (AvgIpc) is 3.19. The molecule has 2 saturated carbocycles. The molecule has 6 nitrogen and oxygen atoms in total. The Labute approximate surface area is 146 Å². The van der Waals surface area contributed by atoms with E-state index in [2.05, 4.69) is 10.3 Å². The van der Waals surface area contributed by atoms with E-state index in [-0.39, 0.29) is 6.04 Å². The summed E-state index contributed by atoms with van der Waals surface area (Å²) in [4.78, 5) is 42.8. The summed E-state index contributed by atoms with van der Waals surface area (Å²) in [5.41, 5.74) is 1.79. The molecule has 3 aliphatic rings. The smallest absolute Gasteiger partial charge is 0.277 e. The van der Waals surface area contributed by atoms with Gasteiger partial charge in [0.25, 0.3) is 0 Å². The van der Waals surface area contributed by atoms with Crippen LogP contribution in [0, 0.1) is 24.7 Å². The summed E-state index contributed by atoms with van der Waals surface area (Å²) in [6.45, 7) is 1.98. The van der Waals surface area contributed by atoms with Gasteiger partial charge in [0.2, 0.25) is 11.8 Å². The summed E-state index contributed by atoms with van der Waals surface area (Å²) < 4.78 is 0. The van der Waals surface area contributed by atoms with E-state index in [1.807, 2.05) is 31.2 Å². The quantitative estimate of drug-likeness (QED) is 0.679. The Bertz CT molecular complexity index is 756. The molecule has 1 aliphatic heterocycles. The van der Waals surface area contributed by atoms with Gasteiger partial charge >= 0.3 is 6.03 Å². The topological polar surface area (TPSA) is 78.8 Å². The van der Waals surface area contributed by atoms with Gasteiger partial charge in [-0.3, -0.25) is 24.8 Å². The molecule has 0 radical (unpaired) electrons. The molecular weight excluding hydrogens is 318 g/mol. The van der Waals surface area contributed by atoms with Crippen molar-refractivity contribution in [1.82, 2.24) is 10.2 Å². The lowest BCUT2D eigenvalue weighted by molar-refractivity contribution is -0.141. The van der Waals surface area contributed by atoms with E-state index in [0.29, 0.717) is 17.5 Å². The van der Waals surface area contributed by atoms with Crippen molar-refractivity contribution in [2.45, 2.75) is 38.6 Å². The molecule has 1 aromatic rings. The molecule has 4 atom stereocenters. The molecule has 0 aromatic heterocycles. The monoisotopic (exact) mass is 339 g/mol. The summed E-state index contributed by atoms with van der Waals surface area (Å²) in [6, 6.07) is 6.84. The standard InChI is InChI=1S/C19H21N3O3/c1-11-2-6-14(7-3-11)20-10-15-17(23)21-19(25)22(18(15)24)16-9-12-4-5-13(16)8-12/h2-3,6-7,10,12-13,15-16H,4-5,8-9H2,1H3,(H,21,23,25)/t12-,13-,15+,16-/m0/s1. The van der Waals surface area contributed by atoms with Gasteiger partial charge in [0.1, 0.15) is 0 Å². The second kappa shape index (κ2) is 6.10. The van der Waals surface area contributed by atoms with Gasteiger partial charge < -0.3 is 0 Å².